The lowest BCUT2D eigenvalue weighted by Gasteiger charge is -2.08. The number of thiophene rings is 1. The molecule has 3 heterocycles. The average Bonchev–Trinajstić information content (AvgIpc) is 3.30. The minimum atomic E-state index is -0.667. The standard InChI is InChI=1S/C26H25N5O2S/c1-5-11-30-16(2)12-20(17(30)3)13-21(14-27)24(32)29-31-15-28-25-23(26(31)33)22(18(4)34-25)19-9-7-6-8-10-19/h6-10,12-13,15H,5,11H2,1-4H3,(H,29,32)/b21-13-. The second kappa shape index (κ2) is 9.49. The van der Waals surface area contributed by atoms with Crippen LogP contribution in [0.4, 0.5) is 0 Å². The van der Waals surface area contributed by atoms with Crippen LogP contribution in [0.3, 0.4) is 0 Å². The van der Waals surface area contributed by atoms with Crippen LogP contribution in [0.15, 0.2) is 53.1 Å². The molecule has 34 heavy (non-hydrogen) atoms. The van der Waals surface area contributed by atoms with Crippen LogP contribution in [0.25, 0.3) is 27.4 Å². The number of aryl methyl sites for hydroxylation is 2. The molecular formula is C26H25N5O2S. The summed E-state index contributed by atoms with van der Waals surface area (Å²) in [6, 6.07) is 13.5. The zero-order valence-corrected chi connectivity index (χ0v) is 20.4. The Balaban J connectivity index is 1.71. The van der Waals surface area contributed by atoms with Crippen molar-refractivity contribution in [2.75, 3.05) is 5.43 Å². The number of rotatable bonds is 6. The first kappa shape index (κ1) is 23.2. The molecule has 0 atom stereocenters. The van der Waals surface area contributed by atoms with Gasteiger partial charge in [0.1, 0.15) is 22.8 Å². The van der Waals surface area contributed by atoms with E-state index in [1.54, 1.807) is 6.08 Å². The van der Waals surface area contributed by atoms with Crippen LogP contribution in [0, 0.1) is 32.1 Å². The van der Waals surface area contributed by atoms with E-state index in [9.17, 15) is 14.9 Å². The van der Waals surface area contributed by atoms with Gasteiger partial charge in [0.15, 0.2) is 0 Å². The van der Waals surface area contributed by atoms with Gasteiger partial charge in [-0.2, -0.15) is 5.26 Å². The van der Waals surface area contributed by atoms with Gasteiger partial charge in [0.05, 0.1) is 5.39 Å². The quantitative estimate of drug-likeness (QED) is 0.318. The number of amides is 1. The van der Waals surface area contributed by atoms with E-state index in [0.717, 1.165) is 50.6 Å². The number of benzene rings is 1. The molecule has 8 heteroatoms. The lowest BCUT2D eigenvalue weighted by molar-refractivity contribution is -0.113. The summed E-state index contributed by atoms with van der Waals surface area (Å²) < 4.78 is 3.21. The van der Waals surface area contributed by atoms with E-state index >= 15 is 0 Å². The van der Waals surface area contributed by atoms with Crippen molar-refractivity contribution < 1.29 is 4.79 Å². The maximum Gasteiger partial charge on any atom is 0.281 e. The normalized spacial score (nSPS) is 11.6. The molecule has 1 aromatic carbocycles. The summed E-state index contributed by atoms with van der Waals surface area (Å²) >= 11 is 1.43. The van der Waals surface area contributed by atoms with Crippen molar-refractivity contribution >= 4 is 33.5 Å². The number of nitrogens with zero attached hydrogens (tertiary/aromatic N) is 4. The number of nitriles is 1. The Hall–Kier alpha value is -3.96. The molecule has 0 saturated heterocycles. The summed E-state index contributed by atoms with van der Waals surface area (Å²) in [5.74, 6) is -0.667. The van der Waals surface area contributed by atoms with Crippen LogP contribution in [-0.2, 0) is 11.3 Å². The molecule has 0 unspecified atom stereocenters. The van der Waals surface area contributed by atoms with Crippen molar-refractivity contribution in [3.8, 4) is 17.2 Å². The zero-order chi connectivity index (χ0) is 24.4. The molecule has 7 nitrogen and oxygen atoms in total. The summed E-state index contributed by atoms with van der Waals surface area (Å²) in [6.45, 7) is 8.88. The number of carbonyl (C=O) groups excluding carboxylic acids is 1. The molecule has 0 aliphatic heterocycles. The Kier molecular flexibility index (Phi) is 6.48. The number of carbonyl (C=O) groups is 1. The predicted octanol–water partition coefficient (Wildman–Crippen LogP) is 4.94. The molecular weight excluding hydrogens is 446 g/mol. The average molecular weight is 472 g/mol. The smallest absolute Gasteiger partial charge is 0.281 e. The Labute approximate surface area is 201 Å². The van der Waals surface area contributed by atoms with Crippen LogP contribution in [0.5, 0.6) is 0 Å². The molecule has 1 amide bonds. The van der Waals surface area contributed by atoms with Gasteiger partial charge < -0.3 is 4.57 Å². The first-order valence-electron chi connectivity index (χ1n) is 11.0. The van der Waals surface area contributed by atoms with E-state index in [2.05, 4.69) is 21.9 Å². The Bertz CT molecular complexity index is 1520. The third kappa shape index (κ3) is 4.18. The van der Waals surface area contributed by atoms with Gasteiger partial charge in [-0.1, -0.05) is 37.3 Å². The highest BCUT2D eigenvalue weighted by Gasteiger charge is 2.19. The van der Waals surface area contributed by atoms with Crippen LogP contribution in [0.2, 0.25) is 0 Å². The fourth-order valence-corrected chi connectivity index (χ4v) is 5.15. The Morgan fingerprint density at radius 2 is 1.97 bits per heavy atom. The van der Waals surface area contributed by atoms with Crippen molar-refractivity contribution in [2.45, 2.75) is 40.7 Å². The van der Waals surface area contributed by atoms with Crippen LogP contribution in [-0.4, -0.2) is 20.1 Å². The summed E-state index contributed by atoms with van der Waals surface area (Å²) in [6.07, 6.45) is 3.83. The Morgan fingerprint density at radius 1 is 1.24 bits per heavy atom. The van der Waals surface area contributed by atoms with Gasteiger partial charge in [0.25, 0.3) is 11.5 Å². The molecule has 0 radical (unpaired) electrons. The minimum absolute atomic E-state index is 0.0893. The van der Waals surface area contributed by atoms with Crippen molar-refractivity contribution in [1.82, 2.24) is 14.2 Å². The fraction of sp³-hybridized carbons (Fsp3) is 0.231. The lowest BCUT2D eigenvalue weighted by Crippen LogP contribution is -2.33. The van der Waals surface area contributed by atoms with E-state index in [-0.39, 0.29) is 11.1 Å². The van der Waals surface area contributed by atoms with Crippen molar-refractivity contribution in [3.63, 3.8) is 0 Å². The molecule has 4 rings (SSSR count). The molecule has 0 spiro atoms. The van der Waals surface area contributed by atoms with Gasteiger partial charge in [-0.25, -0.2) is 9.66 Å². The molecule has 0 aliphatic rings. The molecule has 0 saturated carbocycles. The van der Waals surface area contributed by atoms with E-state index < -0.39 is 5.91 Å². The van der Waals surface area contributed by atoms with Gasteiger partial charge >= 0.3 is 0 Å². The van der Waals surface area contributed by atoms with Crippen molar-refractivity contribution in [2.24, 2.45) is 0 Å². The van der Waals surface area contributed by atoms with Gasteiger partial charge in [0, 0.05) is 28.4 Å². The molecule has 1 N–H and O–H groups in total. The van der Waals surface area contributed by atoms with E-state index in [1.807, 2.05) is 63.2 Å². The molecule has 172 valence electrons. The maximum absolute atomic E-state index is 13.3. The highest BCUT2D eigenvalue weighted by Crippen LogP contribution is 2.35. The zero-order valence-electron chi connectivity index (χ0n) is 19.5. The first-order chi connectivity index (χ1) is 16.3. The summed E-state index contributed by atoms with van der Waals surface area (Å²) in [4.78, 5) is 32.2. The van der Waals surface area contributed by atoms with Crippen LogP contribution < -0.4 is 11.0 Å². The monoisotopic (exact) mass is 471 g/mol. The molecule has 3 aromatic heterocycles. The molecule has 4 aromatic rings. The molecule has 0 aliphatic carbocycles. The fourth-order valence-electron chi connectivity index (χ4n) is 4.15. The van der Waals surface area contributed by atoms with E-state index in [0.29, 0.717) is 10.2 Å². The third-order valence-corrected chi connectivity index (χ3v) is 6.81. The minimum Gasteiger partial charge on any atom is -0.349 e. The summed E-state index contributed by atoms with van der Waals surface area (Å²) in [5, 5.41) is 10.1. The second-order valence-corrected chi connectivity index (χ2v) is 9.29. The largest absolute Gasteiger partial charge is 0.349 e. The second-order valence-electron chi connectivity index (χ2n) is 8.09. The summed E-state index contributed by atoms with van der Waals surface area (Å²) in [5.41, 5.74) is 6.63. The number of fused-ring (bicyclic) bond motifs is 1. The van der Waals surface area contributed by atoms with E-state index in [1.165, 1.54) is 17.7 Å². The van der Waals surface area contributed by atoms with Gasteiger partial charge in [-0.05, 0) is 50.5 Å². The molecule has 0 fully saturated rings. The predicted molar refractivity (Wildman–Crippen MR) is 136 cm³/mol. The lowest BCUT2D eigenvalue weighted by atomic mass is 10.0. The van der Waals surface area contributed by atoms with Gasteiger partial charge in [-0.3, -0.25) is 15.0 Å². The van der Waals surface area contributed by atoms with Crippen molar-refractivity contribution in [3.05, 3.63) is 80.5 Å². The summed E-state index contributed by atoms with van der Waals surface area (Å²) in [7, 11) is 0. The van der Waals surface area contributed by atoms with E-state index in [4.69, 9.17) is 0 Å². The number of nitrogens with one attached hydrogen (secondary N) is 1. The number of hydrogen-bond acceptors (Lipinski definition) is 5. The highest BCUT2D eigenvalue weighted by atomic mass is 32.1. The van der Waals surface area contributed by atoms with Crippen LogP contribution >= 0.6 is 11.3 Å². The maximum atomic E-state index is 13.3. The highest BCUT2D eigenvalue weighted by molar-refractivity contribution is 7.19. The number of hydrogen-bond donors (Lipinski definition) is 1. The van der Waals surface area contributed by atoms with Gasteiger partial charge in [0.2, 0.25) is 0 Å². The first-order valence-corrected chi connectivity index (χ1v) is 11.8. The third-order valence-electron chi connectivity index (χ3n) is 5.80. The molecule has 0 bridgehead atoms. The van der Waals surface area contributed by atoms with Gasteiger partial charge in [-0.15, -0.1) is 11.3 Å². The van der Waals surface area contributed by atoms with Crippen molar-refractivity contribution in [1.29, 1.82) is 5.26 Å². The topological polar surface area (TPSA) is 92.7 Å². The SMILES string of the molecule is CCCn1c(C)cc(/C=C(/C#N)C(=O)Nn2cnc3sc(C)c(-c4ccccc4)c3c2=O)c1C. The number of aromatic nitrogens is 3. The Morgan fingerprint density at radius 3 is 2.65 bits per heavy atom. The van der Waals surface area contributed by atoms with Crippen LogP contribution in [0.1, 0.15) is 35.2 Å².